The van der Waals surface area contributed by atoms with E-state index in [1.54, 1.807) is 4.90 Å². The molecule has 2 atom stereocenters. The molecule has 1 fully saturated rings. The third-order valence-electron chi connectivity index (χ3n) is 4.61. The van der Waals surface area contributed by atoms with Crippen molar-refractivity contribution in [3.63, 3.8) is 0 Å². The van der Waals surface area contributed by atoms with Gasteiger partial charge in [-0.3, -0.25) is 4.79 Å². The van der Waals surface area contributed by atoms with Gasteiger partial charge < -0.3 is 20.7 Å². The number of rotatable bonds is 3. The lowest BCUT2D eigenvalue weighted by Crippen LogP contribution is -2.46. The average Bonchev–Trinajstić information content (AvgIpc) is 3.27. The molecule has 1 unspecified atom stereocenters. The fraction of sp³-hybridized carbons (Fsp3) is 0.421. The van der Waals surface area contributed by atoms with E-state index in [9.17, 15) is 18.0 Å². The first-order valence-electron chi connectivity index (χ1n) is 8.87. The number of amides is 1. The Morgan fingerprint density at radius 2 is 2.07 bits per heavy atom. The van der Waals surface area contributed by atoms with E-state index in [-0.39, 0.29) is 25.4 Å². The van der Waals surface area contributed by atoms with Crippen LogP contribution >= 0.6 is 13.5 Å². The van der Waals surface area contributed by atoms with Gasteiger partial charge in [0.1, 0.15) is 6.04 Å². The van der Waals surface area contributed by atoms with Gasteiger partial charge in [0.05, 0.1) is 12.1 Å². The first-order chi connectivity index (χ1) is 13.5. The number of aryl methyl sites for hydroxylation is 1. The number of benzene rings is 1. The topological polar surface area (TPSA) is 123 Å². The third-order valence-corrected chi connectivity index (χ3v) is 4.61. The number of halogens is 3. The molecule has 0 spiro atoms. The monoisotopic (exact) mass is 444 g/mol. The Morgan fingerprint density at radius 3 is 2.63 bits per heavy atom. The molecule has 4 N–H and O–H groups in total. The molecule has 1 aromatic heterocycles. The number of nitrogens with two attached hydrogens (primary N) is 1. The summed E-state index contributed by atoms with van der Waals surface area (Å²) in [7, 11) is 0. The van der Waals surface area contributed by atoms with E-state index >= 15 is 0 Å². The van der Waals surface area contributed by atoms with Gasteiger partial charge in [-0.15, -0.1) is 0 Å². The van der Waals surface area contributed by atoms with Crippen LogP contribution in [0.25, 0.3) is 10.9 Å². The summed E-state index contributed by atoms with van der Waals surface area (Å²) in [6, 6.07) is 7.46. The van der Waals surface area contributed by atoms with E-state index in [1.807, 2.05) is 19.2 Å². The van der Waals surface area contributed by atoms with Crippen LogP contribution in [0, 0.1) is 18.3 Å². The molecule has 1 amide bonds. The second-order valence-corrected chi connectivity index (χ2v) is 6.80. The molecule has 1 aliphatic rings. The quantitative estimate of drug-likeness (QED) is 0.672. The Kier molecular flexibility index (Phi) is 8.74. The minimum Gasteiger partial charge on any atom is -0.475 e. The molecule has 0 saturated carbocycles. The highest BCUT2D eigenvalue weighted by Crippen LogP contribution is 2.22. The van der Waals surface area contributed by atoms with Crippen LogP contribution in [0.4, 0.5) is 13.2 Å². The van der Waals surface area contributed by atoms with E-state index < -0.39 is 18.2 Å². The molecule has 1 aliphatic heterocycles. The fourth-order valence-electron chi connectivity index (χ4n) is 3.16. The van der Waals surface area contributed by atoms with Crippen LogP contribution in [-0.4, -0.2) is 51.7 Å². The van der Waals surface area contributed by atoms with Crippen molar-refractivity contribution < 1.29 is 27.9 Å². The molecule has 164 valence electrons. The summed E-state index contributed by atoms with van der Waals surface area (Å²) in [4.78, 5) is 26.2. The SMILES string of the molecule is Cc1ccc2[nH]cc(CC(N)C(=O)N3CCC[C@H]3C#N)c2c1.O=C(O)C(F)(F)F.S. The number of aliphatic carboxylic acids is 1. The number of fused-ring (bicyclic) bond motifs is 1. The Balaban J connectivity index is 0.000000489. The summed E-state index contributed by atoms with van der Waals surface area (Å²) in [5.74, 6) is -2.88. The highest BCUT2D eigenvalue weighted by molar-refractivity contribution is 7.59. The van der Waals surface area contributed by atoms with Crippen molar-refractivity contribution in [1.82, 2.24) is 9.88 Å². The second kappa shape index (κ2) is 10.4. The maximum Gasteiger partial charge on any atom is 0.490 e. The number of carbonyl (C=O) groups excluding carboxylic acids is 1. The molecule has 7 nitrogen and oxygen atoms in total. The summed E-state index contributed by atoms with van der Waals surface area (Å²) in [6.07, 6.45) is -1.05. The standard InChI is InChI=1S/C17H20N4O.C2HF3O2.H2S/c1-11-4-5-16-14(7-11)12(10-20-16)8-15(19)17(22)21-6-2-3-13(21)9-18;3-2(4,5)1(6)7;/h4-5,7,10,13,15,20H,2-3,6,8,19H2,1H3;(H,6,7);1H2/t13-,15?;;/m0../s1. The molecule has 0 bridgehead atoms. The number of hydrogen-bond acceptors (Lipinski definition) is 4. The zero-order chi connectivity index (χ0) is 21.8. The summed E-state index contributed by atoms with van der Waals surface area (Å²) >= 11 is 0. The molecule has 1 aromatic carbocycles. The predicted molar refractivity (Wildman–Crippen MR) is 109 cm³/mol. The lowest BCUT2D eigenvalue weighted by molar-refractivity contribution is -0.192. The van der Waals surface area contributed by atoms with Crippen molar-refractivity contribution in [3.05, 3.63) is 35.5 Å². The number of carboxylic acids is 1. The molecule has 11 heteroatoms. The zero-order valence-corrected chi connectivity index (χ0v) is 17.2. The van der Waals surface area contributed by atoms with Crippen molar-refractivity contribution >= 4 is 36.3 Å². The maximum absolute atomic E-state index is 12.5. The number of hydrogen-bond donors (Lipinski definition) is 3. The van der Waals surface area contributed by atoms with Crippen LogP contribution in [0.1, 0.15) is 24.0 Å². The van der Waals surface area contributed by atoms with Crippen LogP contribution in [-0.2, 0) is 16.0 Å². The van der Waals surface area contributed by atoms with Gasteiger partial charge in [-0.1, -0.05) is 11.6 Å². The van der Waals surface area contributed by atoms with Crippen molar-refractivity contribution in [1.29, 1.82) is 5.26 Å². The normalized spacial score (nSPS) is 16.8. The number of H-pyrrole nitrogens is 1. The highest BCUT2D eigenvalue weighted by atomic mass is 32.1. The molecule has 2 aromatic rings. The van der Waals surface area contributed by atoms with Crippen LogP contribution in [0.15, 0.2) is 24.4 Å². The van der Waals surface area contributed by atoms with E-state index in [0.29, 0.717) is 13.0 Å². The number of aromatic amines is 1. The van der Waals surface area contributed by atoms with Gasteiger partial charge in [0.15, 0.2) is 0 Å². The van der Waals surface area contributed by atoms with Crippen molar-refractivity contribution in [2.45, 2.75) is 44.4 Å². The summed E-state index contributed by atoms with van der Waals surface area (Å²) in [5.41, 5.74) is 9.40. The highest BCUT2D eigenvalue weighted by Gasteiger charge is 2.38. The third kappa shape index (κ3) is 6.14. The van der Waals surface area contributed by atoms with Gasteiger partial charge in [-0.2, -0.15) is 31.9 Å². The molecule has 1 saturated heterocycles. The molecule has 2 heterocycles. The summed E-state index contributed by atoms with van der Waals surface area (Å²) in [5, 5.41) is 17.3. The van der Waals surface area contributed by atoms with Gasteiger partial charge in [0.25, 0.3) is 0 Å². The lowest BCUT2D eigenvalue weighted by Gasteiger charge is -2.23. The van der Waals surface area contributed by atoms with Crippen LogP contribution < -0.4 is 5.73 Å². The van der Waals surface area contributed by atoms with E-state index in [4.69, 9.17) is 20.9 Å². The smallest absolute Gasteiger partial charge is 0.475 e. The van der Waals surface area contributed by atoms with Gasteiger partial charge in [-0.05, 0) is 43.9 Å². The number of nitrogens with zero attached hydrogens (tertiary/aromatic N) is 2. The number of nitrogens with one attached hydrogen (secondary N) is 1. The number of nitriles is 1. The van der Waals surface area contributed by atoms with Gasteiger partial charge in [0.2, 0.25) is 5.91 Å². The molecular formula is C19H23F3N4O3S. The van der Waals surface area contributed by atoms with Crippen LogP contribution in [0.3, 0.4) is 0 Å². The van der Waals surface area contributed by atoms with Crippen LogP contribution in [0.2, 0.25) is 0 Å². The zero-order valence-electron chi connectivity index (χ0n) is 16.2. The Bertz CT molecular complexity index is 939. The molecule has 0 aliphatic carbocycles. The molecular weight excluding hydrogens is 421 g/mol. The van der Waals surface area contributed by atoms with Gasteiger partial charge in [0, 0.05) is 23.6 Å². The van der Waals surface area contributed by atoms with Crippen molar-refractivity contribution in [3.8, 4) is 6.07 Å². The van der Waals surface area contributed by atoms with E-state index in [0.717, 1.165) is 29.3 Å². The number of aromatic nitrogens is 1. The minimum absolute atomic E-state index is 0. The largest absolute Gasteiger partial charge is 0.490 e. The maximum atomic E-state index is 12.5. The van der Waals surface area contributed by atoms with E-state index in [1.165, 1.54) is 5.56 Å². The number of likely N-dealkylation sites (tertiary alicyclic amines) is 1. The van der Waals surface area contributed by atoms with Gasteiger partial charge >= 0.3 is 12.1 Å². The van der Waals surface area contributed by atoms with Crippen molar-refractivity contribution in [2.24, 2.45) is 5.73 Å². The van der Waals surface area contributed by atoms with Crippen molar-refractivity contribution in [2.75, 3.05) is 6.54 Å². The summed E-state index contributed by atoms with van der Waals surface area (Å²) < 4.78 is 31.7. The molecule has 3 rings (SSSR count). The molecule has 0 radical (unpaired) electrons. The Labute approximate surface area is 178 Å². The van der Waals surface area contributed by atoms with Gasteiger partial charge in [-0.25, -0.2) is 4.79 Å². The molecule has 30 heavy (non-hydrogen) atoms. The number of carbonyl (C=O) groups is 2. The average molecular weight is 444 g/mol. The minimum atomic E-state index is -5.08. The lowest BCUT2D eigenvalue weighted by atomic mass is 10.0. The van der Waals surface area contributed by atoms with Crippen LogP contribution in [0.5, 0.6) is 0 Å². The summed E-state index contributed by atoms with van der Waals surface area (Å²) in [6.45, 7) is 2.68. The first-order valence-corrected chi connectivity index (χ1v) is 8.87. The number of alkyl halides is 3. The Hall–Kier alpha value is -2.71. The Morgan fingerprint density at radius 1 is 1.43 bits per heavy atom. The second-order valence-electron chi connectivity index (χ2n) is 6.80. The number of carboxylic acid groups (broad SMARTS) is 1. The van der Waals surface area contributed by atoms with E-state index in [2.05, 4.69) is 23.2 Å². The fourth-order valence-corrected chi connectivity index (χ4v) is 3.16. The predicted octanol–water partition coefficient (Wildman–Crippen LogP) is 2.61. The first kappa shape index (κ1) is 25.3.